The van der Waals surface area contributed by atoms with E-state index in [1.807, 2.05) is 6.92 Å². The summed E-state index contributed by atoms with van der Waals surface area (Å²) in [5.41, 5.74) is 0.962. The second-order valence-corrected chi connectivity index (χ2v) is 7.41. The van der Waals surface area contributed by atoms with Crippen molar-refractivity contribution in [3.63, 3.8) is 0 Å². The molecule has 0 spiro atoms. The Balaban J connectivity index is 2.08. The number of hydrogen-bond acceptors (Lipinski definition) is 4. The first kappa shape index (κ1) is 19.9. The van der Waals surface area contributed by atoms with Crippen LogP contribution in [0, 0.1) is 12.7 Å². The van der Waals surface area contributed by atoms with Gasteiger partial charge >= 0.3 is 0 Å². The van der Waals surface area contributed by atoms with Crippen molar-refractivity contribution in [1.29, 1.82) is 0 Å². The lowest BCUT2D eigenvalue weighted by Gasteiger charge is -2.16. The molecule has 0 saturated heterocycles. The number of hydrogen-bond donors (Lipinski definition) is 2. The number of nitrogens with one attached hydrogen (secondary N) is 2. The van der Waals surface area contributed by atoms with E-state index < -0.39 is 27.8 Å². The van der Waals surface area contributed by atoms with Crippen LogP contribution in [0.3, 0.4) is 0 Å². The molecule has 1 amide bonds. The van der Waals surface area contributed by atoms with E-state index in [4.69, 9.17) is 4.74 Å². The van der Waals surface area contributed by atoms with Gasteiger partial charge in [-0.25, -0.2) is 12.8 Å². The number of rotatable bonds is 7. The Morgan fingerprint density at radius 1 is 1.19 bits per heavy atom. The third-order valence-corrected chi connectivity index (χ3v) is 5.18. The number of carbonyl (C=O) groups is 1. The topological polar surface area (TPSA) is 84.5 Å². The highest BCUT2D eigenvalue weighted by molar-refractivity contribution is 7.89. The van der Waals surface area contributed by atoms with Crippen LogP contribution in [0.5, 0.6) is 5.75 Å². The number of anilines is 1. The predicted molar refractivity (Wildman–Crippen MR) is 97.2 cm³/mol. The summed E-state index contributed by atoms with van der Waals surface area (Å²) < 4.78 is 45.7. The van der Waals surface area contributed by atoms with E-state index in [2.05, 4.69) is 10.0 Å². The standard InChI is InChI=1S/C18H21FN2O4S/c1-4-25-15-7-9-16(10-8-15)26(23,24)21-13(3)18(22)20-17-11-14(19)6-5-12(17)2/h5-11,13,21H,4H2,1-3H3,(H,20,22)/t13-/m0/s1. The van der Waals surface area contributed by atoms with E-state index in [0.717, 1.165) is 0 Å². The molecule has 0 fully saturated rings. The van der Waals surface area contributed by atoms with Crippen LogP contribution in [0.25, 0.3) is 0 Å². The molecule has 0 radical (unpaired) electrons. The fraction of sp³-hybridized carbons (Fsp3) is 0.278. The lowest BCUT2D eigenvalue weighted by molar-refractivity contribution is -0.117. The zero-order valence-electron chi connectivity index (χ0n) is 14.7. The smallest absolute Gasteiger partial charge is 0.242 e. The van der Waals surface area contributed by atoms with E-state index >= 15 is 0 Å². The van der Waals surface area contributed by atoms with Gasteiger partial charge in [0.15, 0.2) is 0 Å². The third kappa shape index (κ3) is 5.03. The summed E-state index contributed by atoms with van der Waals surface area (Å²) >= 11 is 0. The Morgan fingerprint density at radius 2 is 1.85 bits per heavy atom. The van der Waals surface area contributed by atoms with Gasteiger partial charge in [0, 0.05) is 5.69 Å². The Kier molecular flexibility index (Phi) is 6.33. The van der Waals surface area contributed by atoms with Crippen LogP contribution in [0.1, 0.15) is 19.4 Å². The number of ether oxygens (including phenoxy) is 1. The highest BCUT2D eigenvalue weighted by Gasteiger charge is 2.22. The van der Waals surface area contributed by atoms with Crippen LogP contribution in [0.4, 0.5) is 10.1 Å². The predicted octanol–water partition coefficient (Wildman–Crippen LogP) is 2.84. The van der Waals surface area contributed by atoms with Gasteiger partial charge in [0.1, 0.15) is 11.6 Å². The Bertz CT molecular complexity index is 883. The molecule has 26 heavy (non-hydrogen) atoms. The maximum atomic E-state index is 13.3. The molecule has 2 aromatic rings. The van der Waals surface area contributed by atoms with Gasteiger partial charge < -0.3 is 10.1 Å². The van der Waals surface area contributed by atoms with E-state index in [1.165, 1.54) is 37.3 Å². The molecule has 2 N–H and O–H groups in total. The molecule has 0 aliphatic heterocycles. The van der Waals surface area contributed by atoms with Crippen LogP contribution in [-0.2, 0) is 14.8 Å². The van der Waals surface area contributed by atoms with Crippen molar-refractivity contribution in [2.45, 2.75) is 31.7 Å². The molecule has 0 aliphatic rings. The summed E-state index contributed by atoms with van der Waals surface area (Å²) in [6.07, 6.45) is 0. The monoisotopic (exact) mass is 380 g/mol. The van der Waals surface area contributed by atoms with E-state index in [9.17, 15) is 17.6 Å². The minimum absolute atomic E-state index is 0.0162. The number of amides is 1. The zero-order chi connectivity index (χ0) is 19.3. The minimum Gasteiger partial charge on any atom is -0.494 e. The van der Waals surface area contributed by atoms with Gasteiger partial charge in [-0.15, -0.1) is 0 Å². The van der Waals surface area contributed by atoms with Crippen LogP contribution < -0.4 is 14.8 Å². The van der Waals surface area contributed by atoms with Crippen LogP contribution in [0.15, 0.2) is 47.4 Å². The summed E-state index contributed by atoms with van der Waals surface area (Å²) in [6, 6.07) is 8.82. The van der Waals surface area contributed by atoms with Crippen molar-refractivity contribution in [3.8, 4) is 5.75 Å². The second-order valence-electron chi connectivity index (χ2n) is 5.70. The highest BCUT2D eigenvalue weighted by atomic mass is 32.2. The molecule has 8 heteroatoms. The van der Waals surface area contributed by atoms with Gasteiger partial charge in [-0.2, -0.15) is 4.72 Å². The van der Waals surface area contributed by atoms with Gasteiger partial charge in [-0.3, -0.25) is 4.79 Å². The largest absolute Gasteiger partial charge is 0.494 e. The molecule has 0 aliphatic carbocycles. The summed E-state index contributed by atoms with van der Waals surface area (Å²) in [4.78, 5) is 12.3. The molecular weight excluding hydrogens is 359 g/mol. The van der Waals surface area contributed by atoms with Crippen molar-refractivity contribution in [3.05, 3.63) is 53.8 Å². The molecule has 2 aromatic carbocycles. The zero-order valence-corrected chi connectivity index (χ0v) is 15.6. The fourth-order valence-electron chi connectivity index (χ4n) is 2.21. The van der Waals surface area contributed by atoms with Crippen molar-refractivity contribution < 1.29 is 22.3 Å². The number of halogens is 1. The fourth-order valence-corrected chi connectivity index (χ4v) is 3.41. The SMILES string of the molecule is CCOc1ccc(S(=O)(=O)N[C@@H](C)C(=O)Nc2cc(F)ccc2C)cc1. The summed E-state index contributed by atoms with van der Waals surface area (Å²) in [6.45, 7) is 5.42. The molecule has 0 heterocycles. The number of sulfonamides is 1. The van der Waals surface area contributed by atoms with Crippen molar-refractivity contribution >= 4 is 21.6 Å². The van der Waals surface area contributed by atoms with Crippen LogP contribution >= 0.6 is 0 Å². The highest BCUT2D eigenvalue weighted by Crippen LogP contribution is 2.18. The first-order valence-electron chi connectivity index (χ1n) is 8.05. The quantitative estimate of drug-likeness (QED) is 0.774. The molecule has 0 bridgehead atoms. The average Bonchev–Trinajstić information content (AvgIpc) is 2.58. The van der Waals surface area contributed by atoms with Gasteiger partial charge in [0.25, 0.3) is 0 Å². The van der Waals surface area contributed by atoms with Gasteiger partial charge in [0.2, 0.25) is 15.9 Å². The Hall–Kier alpha value is -2.45. The first-order valence-corrected chi connectivity index (χ1v) is 9.53. The summed E-state index contributed by atoms with van der Waals surface area (Å²) in [7, 11) is -3.89. The van der Waals surface area contributed by atoms with Crippen molar-refractivity contribution in [2.24, 2.45) is 0 Å². The third-order valence-electron chi connectivity index (χ3n) is 3.63. The molecule has 0 saturated carbocycles. The van der Waals surface area contributed by atoms with Crippen molar-refractivity contribution in [1.82, 2.24) is 4.72 Å². The maximum absolute atomic E-state index is 13.3. The van der Waals surface area contributed by atoms with Gasteiger partial charge in [-0.1, -0.05) is 6.07 Å². The molecule has 2 rings (SSSR count). The first-order chi connectivity index (χ1) is 12.2. The minimum atomic E-state index is -3.89. The van der Waals surface area contributed by atoms with E-state index in [1.54, 1.807) is 19.1 Å². The van der Waals surface area contributed by atoms with Gasteiger partial charge in [-0.05, 0) is 62.7 Å². The number of aryl methyl sites for hydroxylation is 1. The van der Waals surface area contributed by atoms with Crippen LogP contribution in [0.2, 0.25) is 0 Å². The Labute approximate surface area is 152 Å². The summed E-state index contributed by atoms with van der Waals surface area (Å²) in [5, 5.41) is 2.52. The average molecular weight is 380 g/mol. The molecule has 0 aromatic heterocycles. The van der Waals surface area contributed by atoms with Crippen LogP contribution in [-0.4, -0.2) is 27.0 Å². The second kappa shape index (κ2) is 8.29. The normalized spacial score (nSPS) is 12.5. The molecule has 0 unspecified atom stereocenters. The molecule has 140 valence electrons. The van der Waals surface area contributed by atoms with E-state index in [-0.39, 0.29) is 4.90 Å². The number of carbonyl (C=O) groups excluding carboxylic acids is 1. The van der Waals surface area contributed by atoms with E-state index in [0.29, 0.717) is 23.6 Å². The lowest BCUT2D eigenvalue weighted by atomic mass is 10.2. The molecule has 6 nitrogen and oxygen atoms in total. The van der Waals surface area contributed by atoms with Crippen molar-refractivity contribution in [2.75, 3.05) is 11.9 Å². The summed E-state index contributed by atoms with van der Waals surface area (Å²) in [5.74, 6) is -0.527. The maximum Gasteiger partial charge on any atom is 0.242 e. The molecule has 1 atom stereocenters. The number of benzene rings is 2. The lowest BCUT2D eigenvalue weighted by Crippen LogP contribution is -2.41. The van der Waals surface area contributed by atoms with Gasteiger partial charge in [0.05, 0.1) is 17.5 Å². The Morgan fingerprint density at radius 3 is 2.46 bits per heavy atom. The molecular formula is C18H21FN2O4S.